The lowest BCUT2D eigenvalue weighted by atomic mass is 10.00. The molecule has 1 N–H and O–H groups in total. The van der Waals surface area contributed by atoms with Crippen LogP contribution in [0.1, 0.15) is 22.8 Å². The van der Waals surface area contributed by atoms with Crippen LogP contribution in [0.4, 0.5) is 10.1 Å². The molecule has 0 saturated heterocycles. The summed E-state index contributed by atoms with van der Waals surface area (Å²) in [4.78, 5) is 25.0. The second-order valence-corrected chi connectivity index (χ2v) is 9.40. The van der Waals surface area contributed by atoms with Crippen LogP contribution >= 0.6 is 0 Å². The molecule has 0 aliphatic heterocycles. The van der Waals surface area contributed by atoms with Crippen molar-refractivity contribution >= 4 is 17.6 Å². The highest BCUT2D eigenvalue weighted by molar-refractivity contribution is 6.04. The Hall–Kier alpha value is -5.44. The van der Waals surface area contributed by atoms with Crippen molar-refractivity contribution in [3.63, 3.8) is 0 Å². The molecule has 0 aliphatic carbocycles. The molecular formula is C33H28FN3O5. The Labute approximate surface area is 242 Å². The highest BCUT2D eigenvalue weighted by atomic mass is 19.1. The average Bonchev–Trinajstić information content (AvgIpc) is 3.35. The van der Waals surface area contributed by atoms with Gasteiger partial charge in [-0.15, -0.1) is 0 Å². The van der Waals surface area contributed by atoms with Gasteiger partial charge in [-0.05, 0) is 60.5 Å². The van der Waals surface area contributed by atoms with Crippen molar-refractivity contribution < 1.29 is 28.2 Å². The lowest BCUT2D eigenvalue weighted by Crippen LogP contribution is -2.13. The number of hydrogen-bond acceptors (Lipinski definition) is 6. The number of hydrogen-bond donors (Lipinski definition) is 1. The number of amides is 1. The minimum absolute atomic E-state index is 0.0629. The molecule has 0 aliphatic rings. The first-order valence-electron chi connectivity index (χ1n) is 13.1. The molecule has 42 heavy (non-hydrogen) atoms. The maximum absolute atomic E-state index is 14.1. The molecular weight excluding hydrogens is 537 g/mol. The van der Waals surface area contributed by atoms with Gasteiger partial charge in [0, 0.05) is 24.2 Å². The van der Waals surface area contributed by atoms with Crippen molar-refractivity contribution in [2.24, 2.45) is 0 Å². The normalized spacial score (nSPS) is 10.7. The molecule has 0 unspecified atom stereocenters. The number of aryl methyl sites for hydroxylation is 1. The van der Waals surface area contributed by atoms with Crippen molar-refractivity contribution in [2.75, 3.05) is 19.5 Å². The first-order valence-corrected chi connectivity index (χ1v) is 13.1. The Balaban J connectivity index is 1.67. The fourth-order valence-corrected chi connectivity index (χ4v) is 4.60. The number of carbonyl (C=O) groups excluding carboxylic acids is 2. The number of ether oxygens (including phenoxy) is 3. The van der Waals surface area contributed by atoms with Crippen LogP contribution in [-0.4, -0.2) is 35.9 Å². The zero-order valence-electron chi connectivity index (χ0n) is 23.5. The number of rotatable bonds is 8. The molecule has 0 bridgehead atoms. The summed E-state index contributed by atoms with van der Waals surface area (Å²) in [7, 11) is 3.12. The lowest BCUT2D eigenvalue weighted by Gasteiger charge is -2.12. The zero-order chi connectivity index (χ0) is 29.8. The standard InChI is InChI=1S/C33H28FN3O5/c1-20-9-5-8-12-28(20)37-33(42-21(2)38)30(31(36-37)26-18-17-24(40-3)19-29(26)41-4)22-13-15-23(16-14-22)35-32(39)25-10-6-7-11-27(25)34/h5-19H,1-4H3,(H,35,39). The average molecular weight is 566 g/mol. The third-order valence-electron chi connectivity index (χ3n) is 6.64. The monoisotopic (exact) mass is 565 g/mol. The van der Waals surface area contributed by atoms with Crippen LogP contribution in [0, 0.1) is 12.7 Å². The van der Waals surface area contributed by atoms with Gasteiger partial charge < -0.3 is 19.5 Å². The van der Waals surface area contributed by atoms with Crippen molar-refractivity contribution in [1.82, 2.24) is 9.78 Å². The largest absolute Gasteiger partial charge is 0.497 e. The number of para-hydroxylation sites is 1. The van der Waals surface area contributed by atoms with Gasteiger partial charge in [0.2, 0.25) is 5.88 Å². The number of benzene rings is 4. The number of carbonyl (C=O) groups is 2. The van der Waals surface area contributed by atoms with Gasteiger partial charge >= 0.3 is 5.97 Å². The van der Waals surface area contributed by atoms with Crippen LogP contribution in [0.15, 0.2) is 91.0 Å². The van der Waals surface area contributed by atoms with Crippen LogP contribution in [0.2, 0.25) is 0 Å². The summed E-state index contributed by atoms with van der Waals surface area (Å²) in [6.45, 7) is 3.27. The van der Waals surface area contributed by atoms with Crippen molar-refractivity contribution in [1.29, 1.82) is 0 Å². The van der Waals surface area contributed by atoms with Gasteiger partial charge in [0.25, 0.3) is 5.91 Å². The topological polar surface area (TPSA) is 91.7 Å². The van der Waals surface area contributed by atoms with Crippen LogP contribution in [-0.2, 0) is 4.79 Å². The van der Waals surface area contributed by atoms with E-state index in [0.717, 1.165) is 11.3 Å². The molecule has 9 heteroatoms. The van der Waals surface area contributed by atoms with Crippen molar-refractivity contribution in [3.8, 4) is 45.5 Å². The van der Waals surface area contributed by atoms with Crippen LogP contribution < -0.4 is 19.5 Å². The number of nitrogens with zero attached hydrogens (tertiary/aromatic N) is 2. The maximum Gasteiger partial charge on any atom is 0.309 e. The summed E-state index contributed by atoms with van der Waals surface area (Å²) in [5.74, 6) is -0.378. The highest BCUT2D eigenvalue weighted by Gasteiger charge is 2.27. The van der Waals surface area contributed by atoms with E-state index in [2.05, 4.69) is 5.32 Å². The maximum atomic E-state index is 14.1. The van der Waals surface area contributed by atoms with Gasteiger partial charge in [0.05, 0.1) is 31.0 Å². The predicted molar refractivity (Wildman–Crippen MR) is 158 cm³/mol. The predicted octanol–water partition coefficient (Wildman–Crippen LogP) is 6.85. The van der Waals surface area contributed by atoms with Crippen molar-refractivity contribution in [2.45, 2.75) is 13.8 Å². The minimum Gasteiger partial charge on any atom is -0.497 e. The van der Waals surface area contributed by atoms with E-state index in [1.165, 1.54) is 25.1 Å². The third kappa shape index (κ3) is 5.57. The van der Waals surface area contributed by atoms with Crippen LogP contribution in [0.5, 0.6) is 17.4 Å². The molecule has 1 aromatic heterocycles. The van der Waals surface area contributed by atoms with Crippen LogP contribution in [0.3, 0.4) is 0 Å². The fraction of sp³-hybridized carbons (Fsp3) is 0.121. The summed E-state index contributed by atoms with van der Waals surface area (Å²) in [6.07, 6.45) is 0. The molecule has 1 amide bonds. The lowest BCUT2D eigenvalue weighted by molar-refractivity contribution is -0.132. The smallest absolute Gasteiger partial charge is 0.309 e. The van der Waals surface area contributed by atoms with E-state index in [9.17, 15) is 14.0 Å². The molecule has 0 atom stereocenters. The van der Waals surface area contributed by atoms with Crippen molar-refractivity contribution in [3.05, 3.63) is 108 Å². The molecule has 5 rings (SSSR count). The Bertz CT molecular complexity index is 1780. The van der Waals surface area contributed by atoms with Gasteiger partial charge in [-0.25, -0.2) is 4.39 Å². The Morgan fingerprint density at radius 2 is 1.60 bits per heavy atom. The second kappa shape index (κ2) is 12.0. The van der Waals surface area contributed by atoms with Gasteiger partial charge in [0.1, 0.15) is 23.0 Å². The first-order chi connectivity index (χ1) is 20.3. The van der Waals surface area contributed by atoms with Gasteiger partial charge in [-0.2, -0.15) is 9.78 Å². The Kier molecular flexibility index (Phi) is 8.01. The van der Waals surface area contributed by atoms with E-state index in [4.69, 9.17) is 19.3 Å². The zero-order valence-corrected chi connectivity index (χ0v) is 23.5. The number of esters is 1. The van der Waals surface area contributed by atoms with E-state index < -0.39 is 17.7 Å². The highest BCUT2D eigenvalue weighted by Crippen LogP contribution is 2.44. The summed E-state index contributed by atoms with van der Waals surface area (Å²) in [6, 6.07) is 25.7. The minimum atomic E-state index is -0.612. The van der Waals surface area contributed by atoms with E-state index in [1.54, 1.807) is 61.4 Å². The molecule has 1 heterocycles. The molecule has 8 nitrogen and oxygen atoms in total. The summed E-state index contributed by atoms with van der Waals surface area (Å²) in [5.41, 5.74) is 4.36. The van der Waals surface area contributed by atoms with Gasteiger partial charge in [-0.1, -0.05) is 42.5 Å². The molecule has 212 valence electrons. The summed E-state index contributed by atoms with van der Waals surface area (Å²) >= 11 is 0. The van der Waals surface area contributed by atoms with Crippen LogP contribution in [0.25, 0.3) is 28.1 Å². The Morgan fingerprint density at radius 1 is 0.881 bits per heavy atom. The quantitative estimate of drug-likeness (QED) is 0.207. The molecule has 4 aromatic carbocycles. The van der Waals surface area contributed by atoms with E-state index in [0.29, 0.717) is 39.6 Å². The second-order valence-electron chi connectivity index (χ2n) is 9.40. The Morgan fingerprint density at radius 3 is 2.26 bits per heavy atom. The number of nitrogens with one attached hydrogen (secondary N) is 1. The molecule has 0 spiro atoms. The van der Waals surface area contributed by atoms with Gasteiger partial charge in [-0.3, -0.25) is 9.59 Å². The van der Waals surface area contributed by atoms with E-state index in [1.807, 2.05) is 37.3 Å². The van der Waals surface area contributed by atoms with E-state index >= 15 is 0 Å². The molecule has 0 radical (unpaired) electrons. The third-order valence-corrected chi connectivity index (χ3v) is 6.64. The molecule has 0 saturated carbocycles. The van der Waals surface area contributed by atoms with E-state index in [-0.39, 0.29) is 11.4 Å². The first kappa shape index (κ1) is 28.1. The fourth-order valence-electron chi connectivity index (χ4n) is 4.60. The number of aromatic nitrogens is 2. The number of anilines is 1. The van der Waals surface area contributed by atoms with Gasteiger partial charge in [0.15, 0.2) is 0 Å². The SMILES string of the molecule is COc1ccc(-c2nn(-c3ccccc3C)c(OC(C)=O)c2-c2ccc(NC(=O)c3ccccc3F)cc2)c(OC)c1. The molecule has 5 aromatic rings. The summed E-state index contributed by atoms with van der Waals surface area (Å²) in [5, 5.41) is 7.65. The number of methoxy groups -OCH3 is 2. The molecule has 0 fully saturated rings. The summed E-state index contributed by atoms with van der Waals surface area (Å²) < 4.78 is 32.6. The number of halogens is 1.